The zero-order valence-electron chi connectivity index (χ0n) is 10.7. The van der Waals surface area contributed by atoms with Gasteiger partial charge in [-0.15, -0.1) is 0 Å². The Morgan fingerprint density at radius 1 is 1.24 bits per heavy atom. The molecule has 5 nitrogen and oxygen atoms in total. The van der Waals surface area contributed by atoms with Gasteiger partial charge in [-0.05, 0) is 26.2 Å². The van der Waals surface area contributed by atoms with Gasteiger partial charge in [-0.25, -0.2) is 9.59 Å². The van der Waals surface area contributed by atoms with E-state index in [9.17, 15) is 9.59 Å². The molecule has 0 bridgehead atoms. The van der Waals surface area contributed by atoms with Gasteiger partial charge in [0.15, 0.2) is 0 Å². The summed E-state index contributed by atoms with van der Waals surface area (Å²) in [5.41, 5.74) is -1.55. The molecule has 0 aromatic rings. The van der Waals surface area contributed by atoms with Crippen molar-refractivity contribution in [3.05, 3.63) is 0 Å². The molecule has 17 heavy (non-hydrogen) atoms. The Balaban J connectivity index is 2.90. The van der Waals surface area contributed by atoms with Crippen molar-refractivity contribution in [3.63, 3.8) is 0 Å². The Morgan fingerprint density at radius 3 is 2.18 bits per heavy atom. The number of carbonyl (C=O) groups excluding carboxylic acids is 2. The molecule has 1 rings (SSSR count). The summed E-state index contributed by atoms with van der Waals surface area (Å²) in [5, 5.41) is 0. The van der Waals surface area contributed by atoms with Gasteiger partial charge in [0, 0.05) is 13.0 Å². The fourth-order valence-electron chi connectivity index (χ4n) is 1.95. The van der Waals surface area contributed by atoms with Crippen molar-refractivity contribution in [1.29, 1.82) is 0 Å². The zero-order chi connectivity index (χ0) is 12.9. The third kappa shape index (κ3) is 2.97. The van der Waals surface area contributed by atoms with Crippen molar-refractivity contribution in [2.45, 2.75) is 39.2 Å². The number of ether oxygens (including phenoxy) is 3. The first-order valence-corrected chi connectivity index (χ1v) is 6.05. The van der Waals surface area contributed by atoms with Gasteiger partial charge < -0.3 is 14.2 Å². The molecule has 0 radical (unpaired) electrons. The molecular weight excluding hydrogens is 224 g/mol. The molecule has 0 saturated carbocycles. The number of hydrogen-bond donors (Lipinski definition) is 0. The van der Waals surface area contributed by atoms with Crippen molar-refractivity contribution in [2.24, 2.45) is 5.92 Å². The summed E-state index contributed by atoms with van der Waals surface area (Å²) < 4.78 is 15.3. The molecule has 5 heteroatoms. The maximum absolute atomic E-state index is 11.9. The molecule has 1 heterocycles. The summed E-state index contributed by atoms with van der Waals surface area (Å²) in [6.45, 7) is 6.19. The van der Waals surface area contributed by atoms with E-state index in [4.69, 9.17) is 14.2 Å². The highest BCUT2D eigenvalue weighted by Crippen LogP contribution is 2.31. The molecular formula is C12H20O5. The van der Waals surface area contributed by atoms with Crippen molar-refractivity contribution in [2.75, 3.05) is 19.8 Å². The van der Waals surface area contributed by atoms with Crippen LogP contribution in [0.3, 0.4) is 0 Å². The van der Waals surface area contributed by atoms with Crippen LogP contribution >= 0.6 is 0 Å². The highest BCUT2D eigenvalue weighted by Gasteiger charge is 2.52. The van der Waals surface area contributed by atoms with Gasteiger partial charge in [0.2, 0.25) is 0 Å². The molecule has 1 aliphatic heterocycles. The molecule has 0 amide bonds. The second-order valence-corrected chi connectivity index (χ2v) is 4.21. The lowest BCUT2D eigenvalue weighted by atomic mass is 9.87. The van der Waals surface area contributed by atoms with Crippen molar-refractivity contribution in [1.82, 2.24) is 0 Å². The summed E-state index contributed by atoms with van der Waals surface area (Å²) in [6, 6.07) is 0. The molecule has 0 unspecified atom stereocenters. The summed E-state index contributed by atoms with van der Waals surface area (Å²) in [5.74, 6) is -1.03. The maximum Gasteiger partial charge on any atom is 0.350 e. The summed E-state index contributed by atoms with van der Waals surface area (Å²) in [7, 11) is 0. The van der Waals surface area contributed by atoms with Crippen LogP contribution in [0, 0.1) is 5.92 Å². The second kappa shape index (κ2) is 6.00. The lowest BCUT2D eigenvalue weighted by Crippen LogP contribution is -2.54. The highest BCUT2D eigenvalue weighted by atomic mass is 16.6. The van der Waals surface area contributed by atoms with Crippen LogP contribution in [0.5, 0.6) is 0 Å². The van der Waals surface area contributed by atoms with Gasteiger partial charge in [-0.1, -0.05) is 6.92 Å². The monoisotopic (exact) mass is 244 g/mol. The van der Waals surface area contributed by atoms with Gasteiger partial charge in [0.25, 0.3) is 5.60 Å². The molecule has 1 atom stereocenters. The lowest BCUT2D eigenvalue weighted by Gasteiger charge is -2.35. The molecule has 1 saturated heterocycles. The van der Waals surface area contributed by atoms with E-state index in [1.54, 1.807) is 13.8 Å². The minimum atomic E-state index is -1.55. The van der Waals surface area contributed by atoms with E-state index >= 15 is 0 Å². The van der Waals surface area contributed by atoms with Crippen LogP contribution in [0.2, 0.25) is 0 Å². The quantitative estimate of drug-likeness (QED) is 0.551. The standard InChI is InChI=1S/C12H20O5/c1-4-15-10(13)12(11(14)16-5-2)8-9(3)6-7-17-12/h9H,4-8H2,1-3H3/t9-/m1/s1. The first kappa shape index (κ1) is 14.0. The fraction of sp³-hybridized carbons (Fsp3) is 0.833. The molecule has 98 valence electrons. The molecule has 1 aliphatic rings. The average molecular weight is 244 g/mol. The van der Waals surface area contributed by atoms with Gasteiger partial charge in [-0.3, -0.25) is 0 Å². The summed E-state index contributed by atoms with van der Waals surface area (Å²) in [4.78, 5) is 23.9. The van der Waals surface area contributed by atoms with Crippen LogP contribution in [-0.2, 0) is 23.8 Å². The van der Waals surface area contributed by atoms with E-state index in [2.05, 4.69) is 0 Å². The van der Waals surface area contributed by atoms with E-state index in [0.29, 0.717) is 13.0 Å². The zero-order valence-corrected chi connectivity index (χ0v) is 10.7. The average Bonchev–Trinajstić information content (AvgIpc) is 2.29. The Kier molecular flexibility index (Phi) is 4.93. The van der Waals surface area contributed by atoms with Crippen LogP contribution in [0.25, 0.3) is 0 Å². The third-order valence-electron chi connectivity index (χ3n) is 2.81. The van der Waals surface area contributed by atoms with Crippen LogP contribution in [-0.4, -0.2) is 37.4 Å². The Morgan fingerprint density at radius 2 is 1.76 bits per heavy atom. The van der Waals surface area contributed by atoms with Gasteiger partial charge in [-0.2, -0.15) is 0 Å². The summed E-state index contributed by atoms with van der Waals surface area (Å²) >= 11 is 0. The predicted molar refractivity (Wildman–Crippen MR) is 60.3 cm³/mol. The van der Waals surface area contributed by atoms with E-state index in [1.165, 1.54) is 0 Å². The van der Waals surface area contributed by atoms with Crippen LogP contribution in [0.1, 0.15) is 33.6 Å². The maximum atomic E-state index is 11.9. The predicted octanol–water partition coefficient (Wildman–Crippen LogP) is 1.30. The molecule has 0 spiro atoms. The van der Waals surface area contributed by atoms with Crippen molar-refractivity contribution in [3.8, 4) is 0 Å². The number of hydrogen-bond acceptors (Lipinski definition) is 5. The Bertz CT molecular complexity index is 269. The van der Waals surface area contributed by atoms with Gasteiger partial charge >= 0.3 is 11.9 Å². The molecule has 0 aromatic heterocycles. The topological polar surface area (TPSA) is 61.8 Å². The smallest absolute Gasteiger partial charge is 0.350 e. The highest BCUT2D eigenvalue weighted by molar-refractivity contribution is 6.03. The van der Waals surface area contributed by atoms with E-state index in [0.717, 1.165) is 6.42 Å². The van der Waals surface area contributed by atoms with Crippen molar-refractivity contribution >= 4 is 11.9 Å². The summed E-state index contributed by atoms with van der Waals surface area (Å²) in [6.07, 6.45) is 1.16. The molecule has 0 N–H and O–H groups in total. The van der Waals surface area contributed by atoms with E-state index < -0.39 is 17.5 Å². The first-order chi connectivity index (χ1) is 8.06. The Hall–Kier alpha value is -1.10. The normalized spacial score (nSPS) is 22.9. The number of carbonyl (C=O) groups is 2. The number of esters is 2. The van der Waals surface area contributed by atoms with Gasteiger partial charge in [0.1, 0.15) is 0 Å². The SMILES string of the molecule is CCOC(=O)C1(C(=O)OCC)C[C@H](C)CCO1. The lowest BCUT2D eigenvalue weighted by molar-refractivity contribution is -0.199. The van der Waals surface area contributed by atoms with E-state index in [1.807, 2.05) is 6.92 Å². The number of rotatable bonds is 4. The Labute approximate surface area is 101 Å². The molecule has 1 fully saturated rings. The minimum Gasteiger partial charge on any atom is -0.463 e. The first-order valence-electron chi connectivity index (χ1n) is 6.05. The van der Waals surface area contributed by atoms with E-state index in [-0.39, 0.29) is 19.1 Å². The fourth-order valence-corrected chi connectivity index (χ4v) is 1.95. The third-order valence-corrected chi connectivity index (χ3v) is 2.81. The van der Waals surface area contributed by atoms with Crippen LogP contribution in [0.15, 0.2) is 0 Å². The largest absolute Gasteiger partial charge is 0.463 e. The van der Waals surface area contributed by atoms with Crippen molar-refractivity contribution < 1.29 is 23.8 Å². The second-order valence-electron chi connectivity index (χ2n) is 4.21. The van der Waals surface area contributed by atoms with Crippen LogP contribution < -0.4 is 0 Å². The molecule has 0 aromatic carbocycles. The minimum absolute atomic E-state index is 0.220. The van der Waals surface area contributed by atoms with Gasteiger partial charge in [0.05, 0.1) is 13.2 Å². The van der Waals surface area contributed by atoms with Crippen LogP contribution in [0.4, 0.5) is 0 Å². The molecule has 0 aliphatic carbocycles.